The summed E-state index contributed by atoms with van der Waals surface area (Å²) in [6, 6.07) is 0. The molecule has 110 valence electrons. The zero-order valence-corrected chi connectivity index (χ0v) is 12.7. The number of hydrogen-bond donors (Lipinski definition) is 0. The maximum absolute atomic E-state index is 12.3. The topological polar surface area (TPSA) is 52.6 Å². The first-order chi connectivity index (χ1) is 9.00. The lowest BCUT2D eigenvalue weighted by Crippen LogP contribution is -2.45. The fourth-order valence-electron chi connectivity index (χ4n) is 1.91. The lowest BCUT2D eigenvalue weighted by atomic mass is 9.74. The van der Waals surface area contributed by atoms with E-state index < -0.39 is 17.4 Å². The van der Waals surface area contributed by atoms with Crippen LogP contribution in [-0.2, 0) is 19.1 Å². The van der Waals surface area contributed by atoms with Crippen LogP contribution in [0.25, 0.3) is 0 Å². The molecule has 0 aromatic heterocycles. The first kappa shape index (κ1) is 17.7. The second kappa shape index (κ2) is 8.73. The summed E-state index contributed by atoms with van der Waals surface area (Å²) in [4.78, 5) is 24.6. The van der Waals surface area contributed by atoms with Crippen molar-refractivity contribution >= 4 is 11.9 Å². The number of allylic oxidation sites excluding steroid dienone is 1. The molecule has 1 unspecified atom stereocenters. The minimum atomic E-state index is -1.32. The van der Waals surface area contributed by atoms with E-state index in [9.17, 15) is 9.59 Å². The van der Waals surface area contributed by atoms with E-state index >= 15 is 0 Å². The Morgan fingerprint density at radius 1 is 1.05 bits per heavy atom. The minimum absolute atomic E-state index is 0.173. The number of rotatable bonds is 8. The number of hydrogen-bond acceptors (Lipinski definition) is 4. The van der Waals surface area contributed by atoms with Gasteiger partial charge in [0.05, 0.1) is 13.2 Å². The molecular formula is C15H26O4. The Balaban J connectivity index is 5.63. The summed E-state index contributed by atoms with van der Waals surface area (Å²) in [6.45, 7) is 9.72. The van der Waals surface area contributed by atoms with E-state index in [1.165, 1.54) is 0 Å². The molecule has 4 heteroatoms. The highest BCUT2D eigenvalue weighted by Gasteiger charge is 2.50. The third kappa shape index (κ3) is 4.08. The molecule has 0 aliphatic carbocycles. The third-order valence-electron chi connectivity index (χ3n) is 3.23. The van der Waals surface area contributed by atoms with E-state index in [0.717, 1.165) is 6.42 Å². The summed E-state index contributed by atoms with van der Waals surface area (Å²) in [5, 5.41) is 0. The highest BCUT2D eigenvalue weighted by Crippen LogP contribution is 2.35. The molecule has 0 radical (unpaired) electrons. The summed E-state index contributed by atoms with van der Waals surface area (Å²) in [7, 11) is 0. The summed E-state index contributed by atoms with van der Waals surface area (Å²) in [5.74, 6) is -1.21. The van der Waals surface area contributed by atoms with Crippen molar-refractivity contribution < 1.29 is 19.1 Å². The van der Waals surface area contributed by atoms with Gasteiger partial charge in [0.1, 0.15) is 0 Å². The third-order valence-corrected chi connectivity index (χ3v) is 3.23. The van der Waals surface area contributed by atoms with Gasteiger partial charge in [0.15, 0.2) is 5.41 Å². The molecular weight excluding hydrogens is 244 g/mol. The van der Waals surface area contributed by atoms with Crippen molar-refractivity contribution in [3.63, 3.8) is 0 Å². The first-order valence-electron chi connectivity index (χ1n) is 7.03. The summed E-state index contributed by atoms with van der Waals surface area (Å²) < 4.78 is 10.2. The molecule has 0 saturated heterocycles. The van der Waals surface area contributed by atoms with Gasteiger partial charge in [-0.15, -0.1) is 0 Å². The van der Waals surface area contributed by atoms with Gasteiger partial charge in [-0.3, -0.25) is 9.59 Å². The molecule has 4 nitrogen and oxygen atoms in total. The van der Waals surface area contributed by atoms with Crippen LogP contribution in [0.4, 0.5) is 0 Å². The quantitative estimate of drug-likeness (QED) is 0.386. The molecule has 1 atom stereocenters. The van der Waals surface area contributed by atoms with Gasteiger partial charge in [-0.05, 0) is 26.2 Å². The van der Waals surface area contributed by atoms with Gasteiger partial charge in [-0.2, -0.15) is 0 Å². The van der Waals surface area contributed by atoms with Crippen LogP contribution in [0, 0.1) is 11.3 Å². The highest BCUT2D eigenvalue weighted by atomic mass is 16.6. The van der Waals surface area contributed by atoms with Gasteiger partial charge in [0.2, 0.25) is 0 Å². The smallest absolute Gasteiger partial charge is 0.327 e. The summed E-state index contributed by atoms with van der Waals surface area (Å²) >= 11 is 0. The Kier molecular flexibility index (Phi) is 8.12. The van der Waals surface area contributed by atoms with E-state index in [0.29, 0.717) is 6.42 Å². The van der Waals surface area contributed by atoms with Crippen LogP contribution < -0.4 is 0 Å². The second-order valence-electron chi connectivity index (χ2n) is 4.43. The Hall–Kier alpha value is -1.32. The normalized spacial score (nSPS) is 13.3. The van der Waals surface area contributed by atoms with Gasteiger partial charge >= 0.3 is 11.9 Å². The lowest BCUT2D eigenvalue weighted by molar-refractivity contribution is -0.171. The molecule has 0 aromatic rings. The van der Waals surface area contributed by atoms with Crippen LogP contribution >= 0.6 is 0 Å². The standard InChI is InChI=1S/C15H26O4/c1-6-10-11-15(12(5)7-2,13(16)18-8-3)14(17)19-9-4/h10-12H,6-9H2,1-5H3/b11-10+. The Morgan fingerprint density at radius 3 is 1.84 bits per heavy atom. The Bertz CT molecular complexity index is 302. The van der Waals surface area contributed by atoms with E-state index in [1.54, 1.807) is 19.9 Å². The molecule has 0 bridgehead atoms. The molecule has 0 spiro atoms. The lowest BCUT2D eigenvalue weighted by Gasteiger charge is -2.31. The molecule has 0 rings (SSSR count). The SMILES string of the molecule is CC/C=C/C(C(=O)OCC)(C(=O)OCC)C(C)CC. The van der Waals surface area contributed by atoms with Crippen molar-refractivity contribution in [2.45, 2.75) is 47.5 Å². The van der Waals surface area contributed by atoms with E-state index in [-0.39, 0.29) is 19.1 Å². The number of esters is 2. The molecule has 0 N–H and O–H groups in total. The fourth-order valence-corrected chi connectivity index (χ4v) is 1.91. The van der Waals surface area contributed by atoms with E-state index in [4.69, 9.17) is 9.47 Å². The molecule has 0 aliphatic heterocycles. The minimum Gasteiger partial charge on any atom is -0.465 e. The summed E-state index contributed by atoms with van der Waals surface area (Å²) in [6.07, 6.45) is 4.90. The first-order valence-corrected chi connectivity index (χ1v) is 7.03. The van der Waals surface area contributed by atoms with E-state index in [2.05, 4.69) is 0 Å². The van der Waals surface area contributed by atoms with Crippen LogP contribution in [0.15, 0.2) is 12.2 Å². The average Bonchev–Trinajstić information content (AvgIpc) is 2.39. The van der Waals surface area contributed by atoms with Gasteiger partial charge in [-0.1, -0.05) is 39.3 Å². The highest BCUT2D eigenvalue weighted by molar-refractivity contribution is 6.02. The molecule has 0 heterocycles. The van der Waals surface area contributed by atoms with Gasteiger partial charge < -0.3 is 9.47 Å². The van der Waals surface area contributed by atoms with Crippen LogP contribution in [0.3, 0.4) is 0 Å². The predicted molar refractivity (Wildman–Crippen MR) is 74.6 cm³/mol. The van der Waals surface area contributed by atoms with Crippen LogP contribution in [-0.4, -0.2) is 25.2 Å². The molecule has 0 saturated carbocycles. The largest absolute Gasteiger partial charge is 0.465 e. The monoisotopic (exact) mass is 270 g/mol. The second-order valence-corrected chi connectivity index (χ2v) is 4.43. The van der Waals surface area contributed by atoms with Crippen molar-refractivity contribution in [1.29, 1.82) is 0 Å². The van der Waals surface area contributed by atoms with Gasteiger partial charge in [0, 0.05) is 0 Å². The molecule has 0 aromatic carbocycles. The van der Waals surface area contributed by atoms with Crippen molar-refractivity contribution in [2.75, 3.05) is 13.2 Å². The van der Waals surface area contributed by atoms with Gasteiger partial charge in [0.25, 0.3) is 0 Å². The fraction of sp³-hybridized carbons (Fsp3) is 0.733. The molecule has 19 heavy (non-hydrogen) atoms. The zero-order valence-electron chi connectivity index (χ0n) is 12.7. The Morgan fingerprint density at radius 2 is 1.53 bits per heavy atom. The van der Waals surface area contributed by atoms with Crippen LogP contribution in [0.5, 0.6) is 0 Å². The van der Waals surface area contributed by atoms with Crippen LogP contribution in [0.1, 0.15) is 47.5 Å². The van der Waals surface area contributed by atoms with Crippen molar-refractivity contribution in [2.24, 2.45) is 11.3 Å². The number of ether oxygens (including phenoxy) is 2. The average molecular weight is 270 g/mol. The van der Waals surface area contributed by atoms with Crippen molar-refractivity contribution in [1.82, 2.24) is 0 Å². The molecule has 0 amide bonds. The zero-order chi connectivity index (χ0) is 14.9. The molecule has 0 aliphatic rings. The number of carbonyl (C=O) groups is 2. The van der Waals surface area contributed by atoms with Crippen molar-refractivity contribution in [3.8, 4) is 0 Å². The van der Waals surface area contributed by atoms with Crippen molar-refractivity contribution in [3.05, 3.63) is 12.2 Å². The Labute approximate surface area is 116 Å². The van der Waals surface area contributed by atoms with Crippen LogP contribution in [0.2, 0.25) is 0 Å². The maximum Gasteiger partial charge on any atom is 0.327 e. The van der Waals surface area contributed by atoms with E-state index in [1.807, 2.05) is 26.8 Å². The number of carbonyl (C=O) groups excluding carboxylic acids is 2. The molecule has 0 fully saturated rings. The van der Waals surface area contributed by atoms with Gasteiger partial charge in [-0.25, -0.2) is 0 Å². The summed E-state index contributed by atoms with van der Waals surface area (Å²) in [5.41, 5.74) is -1.32. The predicted octanol–water partition coefficient (Wildman–Crippen LogP) is 3.11. The maximum atomic E-state index is 12.3.